The maximum absolute atomic E-state index is 13.9. The van der Waals surface area contributed by atoms with E-state index in [-0.39, 0.29) is 23.5 Å². The van der Waals surface area contributed by atoms with Crippen LogP contribution in [0.15, 0.2) is 71.6 Å². The van der Waals surface area contributed by atoms with Gasteiger partial charge < -0.3 is 14.2 Å². The lowest BCUT2D eigenvalue weighted by Gasteiger charge is -2.23. The standard InChI is InChI=1S/C29H31N3O6S2/c1-31(18-20-8-5-4-6-9-20)40(34,35)23-13-11-21(12-14-23)28(33)32(19-22-10-7-17-38-22)29-30-26-24(36-2)15-16-25(37-3)27(26)39-29/h4-6,8-9,11-16,22H,7,10,17-19H2,1-3H3. The van der Waals surface area contributed by atoms with Crippen molar-refractivity contribution in [3.63, 3.8) is 0 Å². The third-order valence-corrected chi connectivity index (χ3v) is 9.75. The van der Waals surface area contributed by atoms with Gasteiger partial charge in [-0.1, -0.05) is 41.7 Å². The fourth-order valence-corrected chi connectivity index (χ4v) is 6.90. The number of sulfonamides is 1. The Bertz CT molecular complexity index is 1540. The number of carbonyl (C=O) groups excluding carboxylic acids is 1. The van der Waals surface area contributed by atoms with Crippen LogP contribution in [0, 0.1) is 0 Å². The van der Waals surface area contributed by atoms with Crippen LogP contribution in [-0.2, 0) is 21.3 Å². The van der Waals surface area contributed by atoms with Crippen LogP contribution in [0.2, 0.25) is 0 Å². The fraction of sp³-hybridized carbons (Fsp3) is 0.310. The first kappa shape index (κ1) is 28.0. The summed E-state index contributed by atoms with van der Waals surface area (Å²) in [5.41, 5.74) is 1.84. The molecule has 2 heterocycles. The number of fused-ring (bicyclic) bond motifs is 1. The number of rotatable bonds is 10. The van der Waals surface area contributed by atoms with E-state index < -0.39 is 10.0 Å². The van der Waals surface area contributed by atoms with Crippen molar-refractivity contribution in [2.75, 3.05) is 39.3 Å². The number of hydrogen-bond donors (Lipinski definition) is 0. The van der Waals surface area contributed by atoms with Crippen molar-refractivity contribution in [1.82, 2.24) is 9.29 Å². The smallest absolute Gasteiger partial charge is 0.260 e. The summed E-state index contributed by atoms with van der Waals surface area (Å²) in [6.07, 6.45) is 1.65. The van der Waals surface area contributed by atoms with Crippen molar-refractivity contribution in [3.05, 3.63) is 77.9 Å². The molecule has 0 bridgehead atoms. The summed E-state index contributed by atoms with van der Waals surface area (Å²) in [7, 11) is 0.947. The number of anilines is 1. The molecule has 0 radical (unpaired) electrons. The predicted octanol–water partition coefficient (Wildman–Crippen LogP) is 4.96. The molecule has 0 N–H and O–H groups in total. The van der Waals surface area contributed by atoms with Gasteiger partial charge in [-0.15, -0.1) is 0 Å². The first-order valence-corrected chi connectivity index (χ1v) is 15.1. The van der Waals surface area contributed by atoms with Gasteiger partial charge in [-0.25, -0.2) is 13.4 Å². The molecule has 1 amide bonds. The van der Waals surface area contributed by atoms with Gasteiger partial charge in [0.15, 0.2) is 5.13 Å². The van der Waals surface area contributed by atoms with Gasteiger partial charge in [-0.05, 0) is 54.8 Å². The van der Waals surface area contributed by atoms with Crippen LogP contribution in [-0.4, -0.2) is 64.1 Å². The zero-order chi connectivity index (χ0) is 28.3. The molecule has 40 heavy (non-hydrogen) atoms. The first-order valence-electron chi connectivity index (χ1n) is 12.9. The predicted molar refractivity (Wildman–Crippen MR) is 155 cm³/mol. The van der Waals surface area contributed by atoms with Crippen molar-refractivity contribution in [2.24, 2.45) is 0 Å². The van der Waals surface area contributed by atoms with E-state index in [1.807, 2.05) is 36.4 Å². The maximum atomic E-state index is 13.9. The van der Waals surface area contributed by atoms with Crippen LogP contribution in [0.3, 0.4) is 0 Å². The van der Waals surface area contributed by atoms with Gasteiger partial charge in [-0.2, -0.15) is 4.31 Å². The van der Waals surface area contributed by atoms with E-state index >= 15 is 0 Å². The summed E-state index contributed by atoms with van der Waals surface area (Å²) in [4.78, 5) is 20.3. The van der Waals surface area contributed by atoms with Crippen LogP contribution < -0.4 is 14.4 Å². The van der Waals surface area contributed by atoms with Crippen LogP contribution in [0.4, 0.5) is 5.13 Å². The van der Waals surface area contributed by atoms with Crippen LogP contribution >= 0.6 is 11.3 Å². The Balaban J connectivity index is 1.44. The van der Waals surface area contributed by atoms with Crippen LogP contribution in [0.1, 0.15) is 28.8 Å². The molecule has 1 unspecified atom stereocenters. The molecular weight excluding hydrogens is 550 g/mol. The maximum Gasteiger partial charge on any atom is 0.260 e. The number of nitrogens with zero attached hydrogens (tertiary/aromatic N) is 3. The zero-order valence-electron chi connectivity index (χ0n) is 22.6. The van der Waals surface area contributed by atoms with Crippen molar-refractivity contribution in [1.29, 1.82) is 0 Å². The Morgan fingerprint density at radius 1 is 1.02 bits per heavy atom. The second kappa shape index (κ2) is 11.9. The number of carbonyl (C=O) groups is 1. The third-order valence-electron chi connectivity index (χ3n) is 6.84. The molecule has 1 aliphatic heterocycles. The molecule has 0 spiro atoms. The average Bonchev–Trinajstić information content (AvgIpc) is 3.66. The van der Waals surface area contributed by atoms with Gasteiger partial charge >= 0.3 is 0 Å². The van der Waals surface area contributed by atoms with Crippen molar-refractivity contribution in [3.8, 4) is 11.5 Å². The second-order valence-corrected chi connectivity index (χ2v) is 12.5. The molecule has 11 heteroatoms. The molecule has 3 aromatic carbocycles. The summed E-state index contributed by atoms with van der Waals surface area (Å²) in [5.74, 6) is 0.921. The highest BCUT2D eigenvalue weighted by atomic mass is 32.2. The van der Waals surface area contributed by atoms with E-state index in [9.17, 15) is 13.2 Å². The minimum absolute atomic E-state index is 0.114. The van der Waals surface area contributed by atoms with Gasteiger partial charge in [-0.3, -0.25) is 9.69 Å². The molecule has 210 valence electrons. The zero-order valence-corrected chi connectivity index (χ0v) is 24.2. The summed E-state index contributed by atoms with van der Waals surface area (Å²) in [6.45, 7) is 1.21. The van der Waals surface area contributed by atoms with Crippen molar-refractivity contribution >= 4 is 42.6 Å². The highest BCUT2D eigenvalue weighted by Crippen LogP contribution is 2.40. The lowest BCUT2D eigenvalue weighted by atomic mass is 10.2. The van der Waals surface area contributed by atoms with E-state index in [2.05, 4.69) is 0 Å². The Hall–Kier alpha value is -3.51. The molecule has 9 nitrogen and oxygen atoms in total. The SMILES string of the molecule is COc1ccc(OC)c2sc(N(CC3CCCO3)C(=O)c3ccc(S(=O)(=O)N(C)Cc4ccccc4)cc3)nc12. The third kappa shape index (κ3) is 5.68. The minimum Gasteiger partial charge on any atom is -0.495 e. The highest BCUT2D eigenvalue weighted by molar-refractivity contribution is 7.89. The van der Waals surface area contributed by atoms with Gasteiger partial charge in [0.2, 0.25) is 10.0 Å². The van der Waals surface area contributed by atoms with E-state index in [1.165, 1.54) is 27.8 Å². The summed E-state index contributed by atoms with van der Waals surface area (Å²) < 4.78 is 45.3. The minimum atomic E-state index is -3.75. The molecule has 0 aliphatic carbocycles. The quantitative estimate of drug-likeness (QED) is 0.261. The lowest BCUT2D eigenvalue weighted by Crippen LogP contribution is -2.37. The molecule has 1 saturated heterocycles. The Morgan fingerprint density at radius 3 is 2.38 bits per heavy atom. The second-order valence-electron chi connectivity index (χ2n) is 9.47. The Labute approximate surface area is 238 Å². The number of hydrogen-bond acceptors (Lipinski definition) is 8. The van der Waals surface area contributed by atoms with Crippen LogP contribution in [0.25, 0.3) is 10.2 Å². The van der Waals surface area contributed by atoms with Crippen molar-refractivity contribution in [2.45, 2.75) is 30.4 Å². The molecular formula is C29H31N3O6S2. The van der Waals surface area contributed by atoms with Gasteiger partial charge in [0.05, 0.1) is 31.8 Å². The number of methoxy groups -OCH3 is 2. The van der Waals surface area contributed by atoms with E-state index in [0.29, 0.717) is 40.9 Å². The molecule has 5 rings (SSSR count). The fourth-order valence-electron chi connectivity index (χ4n) is 4.66. The normalized spacial score (nSPS) is 15.4. The van der Waals surface area contributed by atoms with E-state index in [4.69, 9.17) is 19.2 Å². The molecule has 0 saturated carbocycles. The number of ether oxygens (including phenoxy) is 3. The molecule has 1 aromatic heterocycles. The van der Waals surface area contributed by atoms with Gasteiger partial charge in [0.25, 0.3) is 5.91 Å². The molecule has 1 aliphatic rings. The van der Waals surface area contributed by atoms with Gasteiger partial charge in [0.1, 0.15) is 21.7 Å². The molecule has 1 fully saturated rings. The number of aromatic nitrogens is 1. The van der Waals surface area contributed by atoms with E-state index in [0.717, 1.165) is 23.1 Å². The monoisotopic (exact) mass is 581 g/mol. The highest BCUT2D eigenvalue weighted by Gasteiger charge is 2.29. The summed E-state index contributed by atoms with van der Waals surface area (Å²) >= 11 is 1.34. The molecule has 4 aromatic rings. The lowest BCUT2D eigenvalue weighted by molar-refractivity contribution is 0.0917. The first-order chi connectivity index (χ1) is 19.3. The van der Waals surface area contributed by atoms with Crippen molar-refractivity contribution < 1.29 is 27.4 Å². The number of thiazole rings is 1. The number of benzene rings is 3. The van der Waals surface area contributed by atoms with Gasteiger partial charge in [0, 0.05) is 25.8 Å². The van der Waals surface area contributed by atoms with Crippen LogP contribution in [0.5, 0.6) is 11.5 Å². The summed E-state index contributed by atoms with van der Waals surface area (Å²) in [5, 5.41) is 0.484. The van der Waals surface area contributed by atoms with E-state index in [1.54, 1.807) is 44.4 Å². The summed E-state index contributed by atoms with van der Waals surface area (Å²) in [6, 6.07) is 19.0. The Kier molecular flexibility index (Phi) is 8.36. The Morgan fingerprint density at radius 2 is 1.73 bits per heavy atom. The topological polar surface area (TPSA) is 98.3 Å². The largest absolute Gasteiger partial charge is 0.495 e. The number of amides is 1. The molecule has 1 atom stereocenters. The average molecular weight is 582 g/mol.